The summed E-state index contributed by atoms with van der Waals surface area (Å²) in [4.78, 5) is 15.8. The van der Waals surface area contributed by atoms with Crippen molar-refractivity contribution in [3.8, 4) is 16.8 Å². The van der Waals surface area contributed by atoms with Crippen molar-refractivity contribution < 1.29 is 0 Å². The second-order valence-corrected chi connectivity index (χ2v) is 4.20. The van der Waals surface area contributed by atoms with Crippen LogP contribution < -0.4 is 5.56 Å². The summed E-state index contributed by atoms with van der Waals surface area (Å²) in [5.74, 6) is 0. The van der Waals surface area contributed by atoms with E-state index in [1.54, 1.807) is 6.33 Å². The van der Waals surface area contributed by atoms with Crippen LogP contribution in [0.15, 0.2) is 78.0 Å². The zero-order valence-corrected chi connectivity index (χ0v) is 10.2. The molecule has 3 rings (SSSR count). The van der Waals surface area contributed by atoms with Crippen LogP contribution in [0.1, 0.15) is 0 Å². The average molecular weight is 248 g/mol. The third kappa shape index (κ3) is 2.31. The van der Waals surface area contributed by atoms with Gasteiger partial charge in [0.25, 0.3) is 5.56 Å². The molecular formula is C16H12N2O. The van der Waals surface area contributed by atoms with Gasteiger partial charge in [0.1, 0.15) is 6.33 Å². The largest absolute Gasteiger partial charge is 0.307 e. The molecule has 0 radical (unpaired) electrons. The second-order valence-electron chi connectivity index (χ2n) is 4.20. The Kier molecular flexibility index (Phi) is 2.94. The molecule has 0 bridgehead atoms. The van der Waals surface area contributed by atoms with Gasteiger partial charge in [-0.2, -0.15) is 4.98 Å². The molecule has 0 saturated heterocycles. The first-order valence-electron chi connectivity index (χ1n) is 6.04. The van der Waals surface area contributed by atoms with Gasteiger partial charge in [-0.1, -0.05) is 48.5 Å². The molecule has 19 heavy (non-hydrogen) atoms. The zero-order chi connectivity index (χ0) is 13.1. The molecule has 3 heteroatoms. The molecule has 0 atom stereocenters. The van der Waals surface area contributed by atoms with Crippen LogP contribution in [-0.2, 0) is 0 Å². The highest BCUT2D eigenvalue weighted by Crippen LogP contribution is 2.15. The van der Waals surface area contributed by atoms with Crippen molar-refractivity contribution in [2.75, 3.05) is 0 Å². The lowest BCUT2D eigenvalue weighted by Crippen LogP contribution is -2.12. The molecule has 0 unspecified atom stereocenters. The van der Waals surface area contributed by atoms with Crippen LogP contribution in [0.25, 0.3) is 16.8 Å². The molecule has 0 aliphatic heterocycles. The summed E-state index contributed by atoms with van der Waals surface area (Å²) < 4.78 is 1.85. The Hall–Kier alpha value is -2.68. The first-order valence-corrected chi connectivity index (χ1v) is 6.04. The Morgan fingerprint density at radius 2 is 1.47 bits per heavy atom. The van der Waals surface area contributed by atoms with Gasteiger partial charge in [-0.05, 0) is 17.7 Å². The number of para-hydroxylation sites is 1. The molecule has 1 aromatic heterocycles. The maximum Gasteiger partial charge on any atom is 0.280 e. The summed E-state index contributed by atoms with van der Waals surface area (Å²) >= 11 is 0. The Morgan fingerprint density at radius 3 is 2.16 bits per heavy atom. The molecule has 0 saturated carbocycles. The van der Waals surface area contributed by atoms with E-state index < -0.39 is 0 Å². The fourth-order valence-corrected chi connectivity index (χ4v) is 1.97. The van der Waals surface area contributed by atoms with E-state index in [9.17, 15) is 4.79 Å². The van der Waals surface area contributed by atoms with Crippen LogP contribution in [-0.4, -0.2) is 9.55 Å². The predicted octanol–water partition coefficient (Wildman–Crippen LogP) is 2.90. The van der Waals surface area contributed by atoms with Crippen LogP contribution in [0.2, 0.25) is 0 Å². The first-order chi connectivity index (χ1) is 9.34. The Bertz CT molecular complexity index is 733. The van der Waals surface area contributed by atoms with Gasteiger partial charge < -0.3 is 4.57 Å². The fourth-order valence-electron chi connectivity index (χ4n) is 1.97. The van der Waals surface area contributed by atoms with Crippen LogP contribution >= 0.6 is 0 Å². The number of benzene rings is 2. The van der Waals surface area contributed by atoms with E-state index in [4.69, 9.17) is 0 Å². The monoisotopic (exact) mass is 248 g/mol. The molecule has 3 aromatic rings. The SMILES string of the molecule is O=c1ncn(-c2ccccc2)cc1-c1ccccc1. The average Bonchev–Trinajstić information content (AvgIpc) is 2.49. The van der Waals surface area contributed by atoms with Gasteiger partial charge in [-0.3, -0.25) is 4.79 Å². The van der Waals surface area contributed by atoms with Crippen molar-refractivity contribution in [3.05, 3.63) is 83.5 Å². The quantitative estimate of drug-likeness (QED) is 0.699. The van der Waals surface area contributed by atoms with E-state index in [1.165, 1.54) is 0 Å². The number of rotatable bonds is 2. The minimum atomic E-state index is -0.210. The van der Waals surface area contributed by atoms with Crippen molar-refractivity contribution in [1.82, 2.24) is 9.55 Å². The fraction of sp³-hybridized carbons (Fsp3) is 0. The molecular weight excluding hydrogens is 236 g/mol. The minimum Gasteiger partial charge on any atom is -0.307 e. The molecule has 0 aliphatic rings. The highest BCUT2D eigenvalue weighted by molar-refractivity contribution is 5.61. The standard InChI is InChI=1S/C16H12N2O/c19-16-15(13-7-3-1-4-8-13)11-18(12-17-16)14-9-5-2-6-10-14/h1-12H. The van der Waals surface area contributed by atoms with Gasteiger partial charge in [-0.25, -0.2) is 0 Å². The number of hydrogen-bond donors (Lipinski definition) is 0. The van der Waals surface area contributed by atoms with E-state index in [-0.39, 0.29) is 5.56 Å². The lowest BCUT2D eigenvalue weighted by molar-refractivity contribution is 0.966. The summed E-state index contributed by atoms with van der Waals surface area (Å²) in [7, 11) is 0. The zero-order valence-electron chi connectivity index (χ0n) is 10.2. The molecule has 3 nitrogen and oxygen atoms in total. The van der Waals surface area contributed by atoms with Gasteiger partial charge >= 0.3 is 0 Å². The van der Waals surface area contributed by atoms with Gasteiger partial charge in [0.05, 0.1) is 5.56 Å². The highest BCUT2D eigenvalue weighted by Gasteiger charge is 2.05. The van der Waals surface area contributed by atoms with E-state index in [1.807, 2.05) is 71.4 Å². The third-order valence-corrected chi connectivity index (χ3v) is 2.94. The van der Waals surface area contributed by atoms with Crippen molar-refractivity contribution in [2.45, 2.75) is 0 Å². The maximum atomic E-state index is 11.9. The molecule has 0 spiro atoms. The van der Waals surface area contributed by atoms with Crippen molar-refractivity contribution in [3.63, 3.8) is 0 Å². The summed E-state index contributed by atoms with van der Waals surface area (Å²) in [6, 6.07) is 19.4. The minimum absolute atomic E-state index is 0.210. The van der Waals surface area contributed by atoms with E-state index in [0.29, 0.717) is 5.56 Å². The van der Waals surface area contributed by atoms with Crippen molar-refractivity contribution >= 4 is 0 Å². The van der Waals surface area contributed by atoms with Crippen molar-refractivity contribution in [1.29, 1.82) is 0 Å². The normalized spacial score (nSPS) is 10.3. The van der Waals surface area contributed by atoms with Gasteiger partial charge in [0.15, 0.2) is 0 Å². The summed E-state index contributed by atoms with van der Waals surface area (Å²) in [6.07, 6.45) is 3.37. The highest BCUT2D eigenvalue weighted by atomic mass is 16.1. The Balaban J connectivity index is 2.15. The summed E-state index contributed by atoms with van der Waals surface area (Å²) in [5, 5.41) is 0. The van der Waals surface area contributed by atoms with Gasteiger partial charge in [0, 0.05) is 11.9 Å². The molecule has 1 heterocycles. The number of hydrogen-bond acceptors (Lipinski definition) is 2. The predicted molar refractivity (Wildman–Crippen MR) is 75.3 cm³/mol. The molecule has 0 amide bonds. The Labute approximate surface area is 110 Å². The molecule has 0 fully saturated rings. The number of nitrogens with zero attached hydrogens (tertiary/aromatic N) is 2. The van der Waals surface area contributed by atoms with Crippen LogP contribution in [0.4, 0.5) is 0 Å². The van der Waals surface area contributed by atoms with Crippen molar-refractivity contribution in [2.24, 2.45) is 0 Å². The smallest absolute Gasteiger partial charge is 0.280 e. The molecule has 0 aliphatic carbocycles. The van der Waals surface area contributed by atoms with Crippen LogP contribution in [0.3, 0.4) is 0 Å². The summed E-state index contributed by atoms with van der Waals surface area (Å²) in [5.41, 5.74) is 2.25. The van der Waals surface area contributed by atoms with Gasteiger partial charge in [0.2, 0.25) is 0 Å². The molecule has 2 aromatic carbocycles. The van der Waals surface area contributed by atoms with E-state index in [2.05, 4.69) is 4.98 Å². The number of aromatic nitrogens is 2. The summed E-state index contributed by atoms with van der Waals surface area (Å²) in [6.45, 7) is 0. The lowest BCUT2D eigenvalue weighted by Gasteiger charge is -2.07. The molecule has 0 N–H and O–H groups in total. The van der Waals surface area contributed by atoms with Crippen LogP contribution in [0, 0.1) is 0 Å². The topological polar surface area (TPSA) is 34.9 Å². The molecule has 92 valence electrons. The Morgan fingerprint density at radius 1 is 0.842 bits per heavy atom. The van der Waals surface area contributed by atoms with Gasteiger partial charge in [-0.15, -0.1) is 0 Å². The lowest BCUT2D eigenvalue weighted by atomic mass is 10.1. The van der Waals surface area contributed by atoms with Crippen LogP contribution in [0.5, 0.6) is 0 Å². The van der Waals surface area contributed by atoms with E-state index in [0.717, 1.165) is 11.3 Å². The van der Waals surface area contributed by atoms with E-state index >= 15 is 0 Å². The third-order valence-electron chi connectivity index (χ3n) is 2.94. The first kappa shape index (κ1) is 11.4. The maximum absolute atomic E-state index is 11.9. The second kappa shape index (κ2) is 4.90.